The zero-order valence-electron chi connectivity index (χ0n) is 30.6. The Bertz CT molecular complexity index is 1620. The van der Waals surface area contributed by atoms with Crippen LogP contribution in [0.4, 0.5) is 4.39 Å². The normalized spacial score (nSPS) is 39.2. The third-order valence-corrected chi connectivity index (χ3v) is 13.1. The molecule has 0 spiro atoms. The van der Waals surface area contributed by atoms with Crippen molar-refractivity contribution in [2.24, 2.45) is 34.0 Å². The SMILES string of the molecule is CC1=C(/C=C/C(C)=C/C=C/C(C)=C/C(=O)OCC(=O)[C@@]2(O)[C@H](C)C[C@H]3[C@@H]4CCC5=CC(=O)C=C[C@]5(C)[C@@]4(F)[C@@H](O)C[C@@]32C)C(C)(C)CCC1. The summed E-state index contributed by atoms with van der Waals surface area (Å²) in [5.74, 6) is -3.07. The Hall–Kier alpha value is -3.16. The number of ketones is 2. The van der Waals surface area contributed by atoms with E-state index in [2.05, 4.69) is 32.9 Å². The summed E-state index contributed by atoms with van der Waals surface area (Å²) in [6.45, 7) is 15.3. The van der Waals surface area contributed by atoms with Crippen molar-refractivity contribution >= 4 is 17.5 Å². The molecule has 0 aromatic rings. The number of rotatable bonds is 8. The third kappa shape index (κ3) is 6.13. The smallest absolute Gasteiger partial charge is 0.331 e. The predicted molar refractivity (Wildman–Crippen MR) is 190 cm³/mol. The summed E-state index contributed by atoms with van der Waals surface area (Å²) in [5.41, 5.74) is -0.833. The molecule has 7 heteroatoms. The van der Waals surface area contributed by atoms with Crippen LogP contribution in [0.3, 0.4) is 0 Å². The number of hydrogen-bond acceptors (Lipinski definition) is 6. The third-order valence-electron chi connectivity index (χ3n) is 13.1. The zero-order valence-corrected chi connectivity index (χ0v) is 30.6. The molecule has 5 rings (SSSR count). The van der Waals surface area contributed by atoms with E-state index in [1.54, 1.807) is 39.8 Å². The van der Waals surface area contributed by atoms with Crippen molar-refractivity contribution in [1.82, 2.24) is 0 Å². The molecule has 8 atom stereocenters. The van der Waals surface area contributed by atoms with Gasteiger partial charge in [-0.3, -0.25) is 9.59 Å². The summed E-state index contributed by atoms with van der Waals surface area (Å²) in [6.07, 6.45) is 19.0. The largest absolute Gasteiger partial charge is 0.454 e. The maximum atomic E-state index is 17.4. The minimum Gasteiger partial charge on any atom is -0.454 e. The van der Waals surface area contributed by atoms with Crippen LogP contribution in [0.5, 0.6) is 0 Å². The lowest BCUT2D eigenvalue weighted by molar-refractivity contribution is -0.219. The Labute approximate surface area is 291 Å². The average Bonchev–Trinajstić information content (AvgIpc) is 3.21. The van der Waals surface area contributed by atoms with Crippen molar-refractivity contribution in [3.8, 4) is 0 Å². The first-order valence-corrected chi connectivity index (χ1v) is 18.0. The van der Waals surface area contributed by atoms with Crippen molar-refractivity contribution in [2.45, 2.75) is 118 Å². The van der Waals surface area contributed by atoms with Gasteiger partial charge in [0.05, 0.1) is 6.10 Å². The standard InChI is InChI=1S/C42H55FO6/c1-26(14-16-32-28(3)13-10-19-38(32,5)6)11-9-12-27(2)21-37(47)49-25-36(46)42(48)29(4)22-34-33-17-15-30-23-31(44)18-20-39(30,7)41(33,43)35(45)24-40(34,42)8/h9,11-12,14,16,18,20-21,23,29,33-35,45,48H,10,13,15,17,19,22,24-25H2,1-8H3/b12-9+,16-14+,26-11+,27-21+/t29-,33+,34+,35+,39+,40+,41+,42+/m1/s1. The average molecular weight is 675 g/mol. The van der Waals surface area contributed by atoms with E-state index in [0.29, 0.717) is 30.4 Å². The van der Waals surface area contributed by atoms with Crippen molar-refractivity contribution < 1.29 is 33.7 Å². The van der Waals surface area contributed by atoms with Crippen LogP contribution in [-0.4, -0.2) is 51.7 Å². The highest BCUT2D eigenvalue weighted by Crippen LogP contribution is 2.70. The Morgan fingerprint density at radius 2 is 1.80 bits per heavy atom. The van der Waals surface area contributed by atoms with Crippen molar-refractivity contribution in [3.05, 3.63) is 82.5 Å². The number of esters is 1. The van der Waals surface area contributed by atoms with E-state index in [1.807, 2.05) is 19.1 Å². The molecule has 6 nitrogen and oxygen atoms in total. The van der Waals surface area contributed by atoms with E-state index in [1.165, 1.54) is 42.2 Å². The van der Waals surface area contributed by atoms with Crippen LogP contribution in [0.1, 0.15) is 100 Å². The maximum Gasteiger partial charge on any atom is 0.331 e. The summed E-state index contributed by atoms with van der Waals surface area (Å²) in [7, 11) is 0. The number of aliphatic hydroxyl groups is 2. The molecule has 3 fully saturated rings. The molecular formula is C42H55FO6. The fourth-order valence-corrected chi connectivity index (χ4v) is 10.3. The number of hydrogen-bond donors (Lipinski definition) is 2. The van der Waals surface area contributed by atoms with Crippen LogP contribution in [-0.2, 0) is 19.1 Å². The molecular weight excluding hydrogens is 619 g/mol. The molecule has 49 heavy (non-hydrogen) atoms. The molecule has 0 aromatic carbocycles. The fraction of sp³-hybridized carbons (Fsp3) is 0.595. The zero-order chi connectivity index (χ0) is 36.2. The second kappa shape index (κ2) is 13.2. The molecule has 5 aliphatic carbocycles. The van der Waals surface area contributed by atoms with Gasteiger partial charge in [0.25, 0.3) is 0 Å². The number of alkyl halides is 1. The van der Waals surface area contributed by atoms with E-state index >= 15 is 4.39 Å². The van der Waals surface area contributed by atoms with Crippen LogP contribution in [0.25, 0.3) is 0 Å². The van der Waals surface area contributed by atoms with Gasteiger partial charge in [-0.2, -0.15) is 0 Å². The van der Waals surface area contributed by atoms with E-state index < -0.39 is 64.3 Å². The fourth-order valence-electron chi connectivity index (χ4n) is 10.3. The van der Waals surface area contributed by atoms with E-state index in [0.717, 1.165) is 12.0 Å². The van der Waals surface area contributed by atoms with Crippen LogP contribution in [0.15, 0.2) is 82.5 Å². The number of carbonyl (C=O) groups is 3. The minimum atomic E-state index is -2.05. The monoisotopic (exact) mass is 674 g/mol. The molecule has 2 N–H and O–H groups in total. The second-order valence-electron chi connectivity index (χ2n) is 16.6. The molecule has 3 saturated carbocycles. The first-order valence-electron chi connectivity index (χ1n) is 18.0. The highest BCUT2D eigenvalue weighted by molar-refractivity contribution is 6.01. The predicted octanol–water partition coefficient (Wildman–Crippen LogP) is 7.98. The number of carbonyl (C=O) groups excluding carboxylic acids is 3. The van der Waals surface area contributed by atoms with Gasteiger partial charge in [0, 0.05) is 22.8 Å². The molecule has 0 unspecified atom stereocenters. The Morgan fingerprint density at radius 3 is 2.49 bits per heavy atom. The van der Waals surface area contributed by atoms with E-state index in [-0.39, 0.29) is 17.6 Å². The molecule has 5 aliphatic rings. The lowest BCUT2D eigenvalue weighted by Gasteiger charge is -2.62. The minimum absolute atomic E-state index is 0.128. The van der Waals surface area contributed by atoms with Crippen LogP contribution < -0.4 is 0 Å². The van der Waals surface area contributed by atoms with Crippen molar-refractivity contribution in [2.75, 3.05) is 6.61 Å². The highest BCUT2D eigenvalue weighted by Gasteiger charge is 2.75. The number of allylic oxidation sites excluding steroid dienone is 13. The first-order chi connectivity index (χ1) is 22.8. The quantitative estimate of drug-likeness (QED) is 0.154. The molecule has 0 radical (unpaired) electrons. The van der Waals surface area contributed by atoms with E-state index in [4.69, 9.17) is 4.74 Å². The lowest BCUT2D eigenvalue weighted by Crippen LogP contribution is -2.69. The van der Waals surface area contributed by atoms with Gasteiger partial charge in [-0.15, -0.1) is 0 Å². The maximum absolute atomic E-state index is 17.4. The van der Waals surface area contributed by atoms with Gasteiger partial charge in [0.15, 0.2) is 18.1 Å². The summed E-state index contributed by atoms with van der Waals surface area (Å²) in [4.78, 5) is 38.6. The molecule has 0 aliphatic heterocycles. The topological polar surface area (TPSA) is 101 Å². The number of fused-ring (bicyclic) bond motifs is 5. The molecule has 0 amide bonds. The Balaban J connectivity index is 1.24. The van der Waals surface area contributed by atoms with Gasteiger partial charge in [-0.1, -0.05) is 80.9 Å². The van der Waals surface area contributed by atoms with Crippen LogP contribution in [0, 0.1) is 34.0 Å². The highest BCUT2D eigenvalue weighted by atomic mass is 19.1. The summed E-state index contributed by atoms with van der Waals surface area (Å²) >= 11 is 0. The van der Waals surface area contributed by atoms with Gasteiger partial charge < -0.3 is 14.9 Å². The van der Waals surface area contributed by atoms with Gasteiger partial charge in [-0.25, -0.2) is 9.18 Å². The van der Waals surface area contributed by atoms with Gasteiger partial charge in [0.1, 0.15) is 5.60 Å². The molecule has 266 valence electrons. The summed E-state index contributed by atoms with van der Waals surface area (Å²) < 4.78 is 22.8. The van der Waals surface area contributed by atoms with Crippen molar-refractivity contribution in [1.29, 1.82) is 0 Å². The Kier molecular flexibility index (Phi) is 9.99. The second-order valence-corrected chi connectivity index (χ2v) is 16.6. The summed E-state index contributed by atoms with van der Waals surface area (Å²) in [5, 5.41) is 23.7. The van der Waals surface area contributed by atoms with Crippen molar-refractivity contribution in [3.63, 3.8) is 0 Å². The molecule has 0 aromatic heterocycles. The van der Waals surface area contributed by atoms with Gasteiger partial charge >= 0.3 is 5.97 Å². The number of aliphatic hydroxyl groups excluding tert-OH is 1. The van der Waals surface area contributed by atoms with Gasteiger partial charge in [-0.05, 0) is 113 Å². The number of ether oxygens (including phenoxy) is 1. The number of halogens is 1. The number of Topliss-reactive ketones (excluding diaryl/α,β-unsaturated/α-hetero) is 1. The first kappa shape index (κ1) is 37.1. The summed E-state index contributed by atoms with van der Waals surface area (Å²) in [6, 6.07) is 0. The van der Waals surface area contributed by atoms with Gasteiger partial charge in [0.2, 0.25) is 5.78 Å². The van der Waals surface area contributed by atoms with E-state index in [9.17, 15) is 24.6 Å². The molecule has 0 bridgehead atoms. The molecule has 0 saturated heterocycles. The Morgan fingerprint density at radius 1 is 1.08 bits per heavy atom. The van der Waals surface area contributed by atoms with Crippen LogP contribution in [0.2, 0.25) is 0 Å². The van der Waals surface area contributed by atoms with Crippen LogP contribution >= 0.6 is 0 Å². The molecule has 0 heterocycles. The lowest BCUT2D eigenvalue weighted by atomic mass is 9.44.